The molecule has 0 amide bonds. The average molecular weight is 264 g/mol. The molecule has 0 spiro atoms. The topological polar surface area (TPSA) is 38.5 Å². The predicted molar refractivity (Wildman–Crippen MR) is 83.3 cm³/mol. The molecule has 0 aliphatic carbocycles. The molecule has 0 aliphatic heterocycles. The smallest absolute Gasteiger partial charge is 0.122 e. The summed E-state index contributed by atoms with van der Waals surface area (Å²) >= 11 is 0. The summed E-state index contributed by atoms with van der Waals surface area (Å²) in [7, 11) is 3.86. The first-order valence-corrected chi connectivity index (χ1v) is 6.79. The van der Waals surface area contributed by atoms with Crippen molar-refractivity contribution in [3.8, 4) is 5.75 Å². The van der Waals surface area contributed by atoms with Crippen molar-refractivity contribution >= 4 is 5.69 Å². The predicted octanol–water partition coefficient (Wildman–Crippen LogP) is 3.04. The maximum atomic E-state index is 5.84. The van der Waals surface area contributed by atoms with E-state index >= 15 is 0 Å². The van der Waals surface area contributed by atoms with Gasteiger partial charge in [0.2, 0.25) is 0 Å². The maximum Gasteiger partial charge on any atom is 0.122 e. The summed E-state index contributed by atoms with van der Waals surface area (Å²) < 4.78 is 5.42. The molecule has 0 aromatic heterocycles. The van der Waals surface area contributed by atoms with Crippen LogP contribution in [0.25, 0.3) is 0 Å². The van der Waals surface area contributed by atoms with Gasteiger partial charge in [0.15, 0.2) is 0 Å². The number of nitrogens with two attached hydrogens (primary N) is 1. The van der Waals surface area contributed by atoms with Crippen LogP contribution in [-0.2, 0) is 0 Å². The number of anilines is 1. The molecule has 108 valence electrons. The highest BCUT2D eigenvalue weighted by Crippen LogP contribution is 2.34. The van der Waals surface area contributed by atoms with Crippen molar-refractivity contribution in [1.29, 1.82) is 0 Å². The number of hydrogen-bond donors (Lipinski definition) is 1. The lowest BCUT2D eigenvalue weighted by atomic mass is 9.92. The second-order valence-electron chi connectivity index (χ2n) is 6.22. The summed E-state index contributed by atoms with van der Waals surface area (Å²) in [6.07, 6.45) is 0. The van der Waals surface area contributed by atoms with Crippen molar-refractivity contribution in [3.63, 3.8) is 0 Å². The quantitative estimate of drug-likeness (QED) is 0.888. The van der Waals surface area contributed by atoms with Crippen LogP contribution in [0.3, 0.4) is 0 Å². The van der Waals surface area contributed by atoms with Crippen LogP contribution in [0.15, 0.2) is 6.07 Å². The summed E-state index contributed by atoms with van der Waals surface area (Å²) in [5, 5.41) is 0. The fourth-order valence-electron chi connectivity index (χ4n) is 2.62. The van der Waals surface area contributed by atoms with Crippen molar-refractivity contribution in [2.45, 2.75) is 34.6 Å². The van der Waals surface area contributed by atoms with E-state index in [-0.39, 0.29) is 5.41 Å². The Kier molecular flexibility index (Phi) is 4.86. The molecule has 0 unspecified atom stereocenters. The Morgan fingerprint density at radius 1 is 1.21 bits per heavy atom. The van der Waals surface area contributed by atoms with Crippen molar-refractivity contribution in [2.75, 3.05) is 32.1 Å². The van der Waals surface area contributed by atoms with Gasteiger partial charge in [-0.2, -0.15) is 0 Å². The number of hydrogen-bond acceptors (Lipinski definition) is 3. The highest BCUT2D eigenvalue weighted by Gasteiger charge is 2.21. The lowest BCUT2D eigenvalue weighted by Crippen LogP contribution is -2.37. The minimum absolute atomic E-state index is 0.113. The number of ether oxygens (including phenoxy) is 1. The third-order valence-corrected chi connectivity index (χ3v) is 3.83. The molecule has 0 bridgehead atoms. The average Bonchev–Trinajstić information content (AvgIpc) is 2.33. The number of rotatable bonds is 5. The third kappa shape index (κ3) is 3.41. The molecular weight excluding hydrogens is 236 g/mol. The van der Waals surface area contributed by atoms with Gasteiger partial charge in [0, 0.05) is 19.3 Å². The first-order chi connectivity index (χ1) is 8.73. The molecule has 1 aromatic rings. The van der Waals surface area contributed by atoms with E-state index in [2.05, 4.69) is 52.6 Å². The van der Waals surface area contributed by atoms with Crippen molar-refractivity contribution in [3.05, 3.63) is 22.8 Å². The molecule has 3 heteroatoms. The van der Waals surface area contributed by atoms with Gasteiger partial charge in [0.25, 0.3) is 0 Å². The van der Waals surface area contributed by atoms with Gasteiger partial charge in [-0.1, -0.05) is 13.8 Å². The van der Waals surface area contributed by atoms with Crippen LogP contribution in [0.4, 0.5) is 5.69 Å². The van der Waals surface area contributed by atoms with Crippen molar-refractivity contribution < 1.29 is 4.74 Å². The Morgan fingerprint density at radius 3 is 2.26 bits per heavy atom. The highest BCUT2D eigenvalue weighted by molar-refractivity contribution is 5.64. The molecule has 0 heterocycles. The molecule has 0 atom stereocenters. The fraction of sp³-hybridized carbons (Fsp3) is 0.625. The van der Waals surface area contributed by atoms with Gasteiger partial charge in [0.05, 0.1) is 7.11 Å². The number of benzene rings is 1. The SMILES string of the molecule is COc1cc(C)c(N(C)CC(C)(C)CN)c(C)c1C. The third-order valence-electron chi connectivity index (χ3n) is 3.83. The lowest BCUT2D eigenvalue weighted by molar-refractivity contribution is 0.384. The molecule has 0 fully saturated rings. The van der Waals surface area contributed by atoms with E-state index in [1.807, 2.05) is 0 Å². The van der Waals surface area contributed by atoms with Crippen molar-refractivity contribution in [1.82, 2.24) is 0 Å². The molecule has 1 aromatic carbocycles. The van der Waals surface area contributed by atoms with Crippen LogP contribution in [0.5, 0.6) is 5.75 Å². The first kappa shape index (κ1) is 15.8. The zero-order valence-electron chi connectivity index (χ0n) is 13.4. The largest absolute Gasteiger partial charge is 0.496 e. The Hall–Kier alpha value is -1.22. The Bertz CT molecular complexity index is 453. The van der Waals surface area contributed by atoms with E-state index in [0.29, 0.717) is 6.54 Å². The Labute approximate surface area is 117 Å². The van der Waals surface area contributed by atoms with E-state index in [9.17, 15) is 0 Å². The van der Waals surface area contributed by atoms with E-state index < -0.39 is 0 Å². The summed E-state index contributed by atoms with van der Waals surface area (Å²) in [4.78, 5) is 2.31. The monoisotopic (exact) mass is 264 g/mol. The Morgan fingerprint density at radius 2 is 1.79 bits per heavy atom. The van der Waals surface area contributed by atoms with E-state index in [4.69, 9.17) is 10.5 Å². The van der Waals surface area contributed by atoms with Crippen LogP contribution in [-0.4, -0.2) is 27.2 Å². The molecular formula is C16H28N2O. The van der Waals surface area contributed by atoms with Crippen LogP contribution < -0.4 is 15.4 Å². The normalized spacial score (nSPS) is 11.6. The number of nitrogens with zero attached hydrogens (tertiary/aromatic N) is 1. The number of aryl methyl sites for hydroxylation is 1. The van der Waals surface area contributed by atoms with Gasteiger partial charge in [-0.25, -0.2) is 0 Å². The zero-order chi connectivity index (χ0) is 14.8. The zero-order valence-corrected chi connectivity index (χ0v) is 13.4. The second kappa shape index (κ2) is 5.83. The van der Waals surface area contributed by atoms with Gasteiger partial charge < -0.3 is 15.4 Å². The molecule has 0 radical (unpaired) electrons. The second-order valence-corrected chi connectivity index (χ2v) is 6.22. The molecule has 3 nitrogen and oxygen atoms in total. The first-order valence-electron chi connectivity index (χ1n) is 6.79. The molecule has 0 aliphatic rings. The van der Waals surface area contributed by atoms with E-state index in [0.717, 1.165) is 12.3 Å². The van der Waals surface area contributed by atoms with Crippen LogP contribution in [0, 0.1) is 26.2 Å². The fourth-order valence-corrected chi connectivity index (χ4v) is 2.62. The standard InChI is InChI=1S/C16H28N2O/c1-11-8-14(19-7)12(2)13(3)15(11)18(6)10-16(4,5)9-17/h8H,9-10,17H2,1-7H3. The minimum atomic E-state index is 0.113. The van der Waals surface area contributed by atoms with Gasteiger partial charge >= 0.3 is 0 Å². The van der Waals surface area contributed by atoms with Crippen LogP contribution >= 0.6 is 0 Å². The van der Waals surface area contributed by atoms with Gasteiger partial charge in [-0.15, -0.1) is 0 Å². The van der Waals surface area contributed by atoms with Gasteiger partial charge in [0.1, 0.15) is 5.75 Å². The molecule has 0 saturated carbocycles. The van der Waals surface area contributed by atoms with E-state index in [1.165, 1.54) is 22.4 Å². The molecule has 19 heavy (non-hydrogen) atoms. The summed E-state index contributed by atoms with van der Waals surface area (Å²) in [5.41, 5.74) is 11.0. The summed E-state index contributed by atoms with van der Waals surface area (Å²) in [6, 6.07) is 2.11. The van der Waals surface area contributed by atoms with Gasteiger partial charge in [-0.05, 0) is 55.5 Å². The minimum Gasteiger partial charge on any atom is -0.496 e. The molecule has 1 rings (SSSR count). The maximum absolute atomic E-state index is 5.84. The van der Waals surface area contributed by atoms with Crippen molar-refractivity contribution in [2.24, 2.45) is 11.1 Å². The summed E-state index contributed by atoms with van der Waals surface area (Å²) in [5.74, 6) is 0.963. The molecule has 0 saturated heterocycles. The summed E-state index contributed by atoms with van der Waals surface area (Å²) in [6.45, 7) is 12.4. The van der Waals surface area contributed by atoms with E-state index in [1.54, 1.807) is 7.11 Å². The highest BCUT2D eigenvalue weighted by atomic mass is 16.5. The van der Waals surface area contributed by atoms with Crippen LogP contribution in [0.1, 0.15) is 30.5 Å². The number of methoxy groups -OCH3 is 1. The lowest BCUT2D eigenvalue weighted by Gasteiger charge is -2.33. The molecule has 2 N–H and O–H groups in total. The Balaban J connectivity index is 3.17. The van der Waals surface area contributed by atoms with Crippen LogP contribution in [0.2, 0.25) is 0 Å². The van der Waals surface area contributed by atoms with Gasteiger partial charge in [-0.3, -0.25) is 0 Å².